The minimum atomic E-state index is -2.80. The molecule has 5 heteroatoms. The third-order valence-electron chi connectivity index (χ3n) is 2.90. The number of nitrogens with one attached hydrogen (secondary N) is 1. The lowest BCUT2D eigenvalue weighted by molar-refractivity contribution is 0.204. The van der Waals surface area contributed by atoms with Gasteiger partial charge < -0.3 is 10.4 Å². The maximum absolute atomic E-state index is 11.2. The zero-order chi connectivity index (χ0) is 9.95. The lowest BCUT2D eigenvalue weighted by Crippen LogP contribution is -2.49. The maximum Gasteiger partial charge on any atom is 0.150 e. The summed E-state index contributed by atoms with van der Waals surface area (Å²) in [5, 5.41) is 12.0. The average Bonchev–Trinajstić information content (AvgIpc) is 2.10. The fraction of sp³-hybridized carbons (Fsp3) is 1.00. The summed E-state index contributed by atoms with van der Waals surface area (Å²) in [6, 6.07) is 0. The summed E-state index contributed by atoms with van der Waals surface area (Å²) < 4.78 is 22.3. The summed E-state index contributed by atoms with van der Waals surface area (Å²) in [5.74, 6) is 0.488. The van der Waals surface area contributed by atoms with Crippen LogP contribution < -0.4 is 5.32 Å². The van der Waals surface area contributed by atoms with Crippen molar-refractivity contribution in [2.75, 3.05) is 25.2 Å². The SMILES string of the molecule is CNC1(CCO)CCS(=O)(=O)CC1. The molecule has 0 saturated carbocycles. The van der Waals surface area contributed by atoms with E-state index >= 15 is 0 Å². The van der Waals surface area contributed by atoms with E-state index in [9.17, 15) is 8.42 Å². The van der Waals surface area contributed by atoms with Gasteiger partial charge >= 0.3 is 0 Å². The topological polar surface area (TPSA) is 66.4 Å². The third-order valence-corrected chi connectivity index (χ3v) is 4.56. The molecule has 0 radical (unpaired) electrons. The fourth-order valence-corrected chi connectivity index (χ4v) is 3.38. The molecule has 4 nitrogen and oxygen atoms in total. The normalized spacial score (nSPS) is 25.7. The molecule has 1 saturated heterocycles. The summed E-state index contributed by atoms with van der Waals surface area (Å²) in [7, 11) is -0.977. The van der Waals surface area contributed by atoms with Gasteiger partial charge in [0.2, 0.25) is 0 Å². The Morgan fingerprint density at radius 1 is 1.38 bits per heavy atom. The zero-order valence-corrected chi connectivity index (χ0v) is 8.73. The van der Waals surface area contributed by atoms with Crippen molar-refractivity contribution in [2.24, 2.45) is 0 Å². The molecule has 0 aromatic rings. The van der Waals surface area contributed by atoms with Crippen molar-refractivity contribution in [1.82, 2.24) is 5.32 Å². The molecule has 78 valence electrons. The minimum Gasteiger partial charge on any atom is -0.396 e. The Bertz CT molecular complexity index is 247. The lowest BCUT2D eigenvalue weighted by Gasteiger charge is -2.36. The van der Waals surface area contributed by atoms with Gasteiger partial charge in [-0.25, -0.2) is 8.42 Å². The first kappa shape index (κ1) is 10.9. The summed E-state index contributed by atoms with van der Waals surface area (Å²) in [5.41, 5.74) is -0.153. The Labute approximate surface area is 79.3 Å². The molecule has 1 rings (SSSR count). The molecule has 0 aromatic heterocycles. The predicted octanol–water partition coefficient (Wildman–Crippen LogP) is -0.464. The Kier molecular flexibility index (Phi) is 3.32. The largest absolute Gasteiger partial charge is 0.396 e. The Hall–Kier alpha value is -0.130. The van der Waals surface area contributed by atoms with Crippen LogP contribution in [0.3, 0.4) is 0 Å². The van der Waals surface area contributed by atoms with Crippen LogP contribution in [0.5, 0.6) is 0 Å². The average molecular weight is 207 g/mol. The second-order valence-corrected chi connectivity index (χ2v) is 5.96. The standard InChI is InChI=1S/C8H17NO3S/c1-9-8(2-5-10)3-6-13(11,12)7-4-8/h9-10H,2-7H2,1H3. The number of hydrogen-bond donors (Lipinski definition) is 2. The van der Waals surface area contributed by atoms with Crippen LogP contribution in [0.2, 0.25) is 0 Å². The molecular formula is C8H17NO3S. The van der Waals surface area contributed by atoms with Crippen LogP contribution in [0.4, 0.5) is 0 Å². The molecule has 1 heterocycles. The van der Waals surface area contributed by atoms with Crippen LogP contribution >= 0.6 is 0 Å². The van der Waals surface area contributed by atoms with Crippen LogP contribution in [0.1, 0.15) is 19.3 Å². The summed E-state index contributed by atoms with van der Waals surface area (Å²) >= 11 is 0. The highest BCUT2D eigenvalue weighted by Crippen LogP contribution is 2.26. The van der Waals surface area contributed by atoms with E-state index in [1.165, 1.54) is 0 Å². The van der Waals surface area contributed by atoms with Crippen molar-refractivity contribution in [3.8, 4) is 0 Å². The van der Waals surface area contributed by atoms with E-state index in [0.29, 0.717) is 19.3 Å². The number of hydrogen-bond acceptors (Lipinski definition) is 4. The molecule has 0 spiro atoms. The summed E-state index contributed by atoms with van der Waals surface area (Å²) in [6.07, 6.45) is 1.87. The van der Waals surface area contributed by atoms with Crippen LogP contribution in [-0.4, -0.2) is 44.2 Å². The quantitative estimate of drug-likeness (QED) is 0.657. The molecule has 0 amide bonds. The van der Waals surface area contributed by atoms with Gasteiger partial charge in [0.25, 0.3) is 0 Å². The van der Waals surface area contributed by atoms with Gasteiger partial charge in [-0.3, -0.25) is 0 Å². The highest BCUT2D eigenvalue weighted by atomic mass is 32.2. The minimum absolute atomic E-state index is 0.112. The van der Waals surface area contributed by atoms with Crippen molar-refractivity contribution in [1.29, 1.82) is 0 Å². The third kappa shape index (κ3) is 2.65. The molecule has 0 unspecified atom stereocenters. The zero-order valence-electron chi connectivity index (χ0n) is 7.91. The van der Waals surface area contributed by atoms with Gasteiger partial charge in [0, 0.05) is 12.1 Å². The molecule has 0 bridgehead atoms. The molecule has 1 aliphatic rings. The van der Waals surface area contributed by atoms with E-state index in [0.717, 1.165) is 0 Å². The van der Waals surface area contributed by atoms with Gasteiger partial charge in [0.15, 0.2) is 0 Å². The molecule has 0 aliphatic carbocycles. The molecule has 2 N–H and O–H groups in total. The molecule has 13 heavy (non-hydrogen) atoms. The second kappa shape index (κ2) is 3.94. The number of sulfone groups is 1. The first-order valence-electron chi connectivity index (χ1n) is 4.54. The van der Waals surface area contributed by atoms with Crippen LogP contribution in [0.25, 0.3) is 0 Å². The summed E-state index contributed by atoms with van der Waals surface area (Å²) in [4.78, 5) is 0. The van der Waals surface area contributed by atoms with E-state index in [2.05, 4.69) is 5.32 Å². The smallest absolute Gasteiger partial charge is 0.150 e. The van der Waals surface area contributed by atoms with Crippen molar-refractivity contribution >= 4 is 9.84 Å². The van der Waals surface area contributed by atoms with E-state index in [1.54, 1.807) is 0 Å². The van der Waals surface area contributed by atoms with Crippen molar-refractivity contribution in [3.05, 3.63) is 0 Å². The lowest BCUT2D eigenvalue weighted by atomic mass is 9.89. The first-order chi connectivity index (χ1) is 6.04. The van der Waals surface area contributed by atoms with Gasteiger partial charge in [-0.05, 0) is 26.3 Å². The number of aliphatic hydroxyl groups excluding tert-OH is 1. The van der Waals surface area contributed by atoms with Crippen LogP contribution in [0.15, 0.2) is 0 Å². The molecule has 1 aliphatic heterocycles. The number of aliphatic hydroxyl groups is 1. The van der Waals surface area contributed by atoms with Crippen molar-refractivity contribution in [3.63, 3.8) is 0 Å². The van der Waals surface area contributed by atoms with Crippen LogP contribution in [0, 0.1) is 0 Å². The van der Waals surface area contributed by atoms with E-state index in [1.807, 2.05) is 7.05 Å². The molecular weight excluding hydrogens is 190 g/mol. The first-order valence-corrected chi connectivity index (χ1v) is 6.36. The van der Waals surface area contributed by atoms with E-state index in [-0.39, 0.29) is 23.7 Å². The van der Waals surface area contributed by atoms with Gasteiger partial charge in [-0.15, -0.1) is 0 Å². The van der Waals surface area contributed by atoms with Gasteiger partial charge in [0.1, 0.15) is 9.84 Å². The Morgan fingerprint density at radius 3 is 2.31 bits per heavy atom. The Morgan fingerprint density at radius 2 is 1.92 bits per heavy atom. The van der Waals surface area contributed by atoms with Gasteiger partial charge in [0.05, 0.1) is 11.5 Å². The highest BCUT2D eigenvalue weighted by Gasteiger charge is 2.35. The molecule has 0 atom stereocenters. The van der Waals surface area contributed by atoms with Crippen molar-refractivity contribution < 1.29 is 13.5 Å². The number of rotatable bonds is 3. The predicted molar refractivity (Wildman–Crippen MR) is 51.4 cm³/mol. The maximum atomic E-state index is 11.2. The van der Waals surface area contributed by atoms with Gasteiger partial charge in [-0.1, -0.05) is 0 Å². The van der Waals surface area contributed by atoms with E-state index in [4.69, 9.17) is 5.11 Å². The van der Waals surface area contributed by atoms with E-state index < -0.39 is 9.84 Å². The van der Waals surface area contributed by atoms with Gasteiger partial charge in [-0.2, -0.15) is 0 Å². The Balaban J connectivity index is 2.63. The summed E-state index contributed by atoms with van der Waals surface area (Å²) in [6.45, 7) is 0.112. The molecule has 1 fully saturated rings. The highest BCUT2D eigenvalue weighted by molar-refractivity contribution is 7.91. The fourth-order valence-electron chi connectivity index (χ4n) is 1.77. The molecule has 0 aromatic carbocycles. The monoisotopic (exact) mass is 207 g/mol. The van der Waals surface area contributed by atoms with Crippen LogP contribution in [-0.2, 0) is 9.84 Å². The van der Waals surface area contributed by atoms with Crippen molar-refractivity contribution in [2.45, 2.75) is 24.8 Å². The second-order valence-electron chi connectivity index (χ2n) is 3.66.